The molecule has 2 aromatic rings. The molecule has 2 heterocycles. The van der Waals surface area contributed by atoms with Crippen LogP contribution in [-0.4, -0.2) is 35.8 Å². The Labute approximate surface area is 140 Å². The second-order valence-electron chi connectivity index (χ2n) is 5.61. The average Bonchev–Trinajstić information content (AvgIpc) is 3.05. The lowest BCUT2D eigenvalue weighted by Gasteiger charge is -2.23. The highest BCUT2D eigenvalue weighted by Crippen LogP contribution is 2.20. The Morgan fingerprint density at radius 1 is 1.39 bits per heavy atom. The molecule has 3 rings (SSSR count). The summed E-state index contributed by atoms with van der Waals surface area (Å²) in [5, 5.41) is 6.37. The first-order valence-corrected chi connectivity index (χ1v) is 9.04. The first kappa shape index (κ1) is 16.1. The summed E-state index contributed by atoms with van der Waals surface area (Å²) >= 11 is 1.56. The maximum atomic E-state index is 11.9. The van der Waals surface area contributed by atoms with Gasteiger partial charge in [0.05, 0.1) is 11.4 Å². The molecule has 1 aromatic carbocycles. The highest BCUT2D eigenvalue weighted by atomic mass is 32.2. The Bertz CT molecular complexity index is 624. The van der Waals surface area contributed by atoms with Crippen molar-refractivity contribution in [1.29, 1.82) is 0 Å². The summed E-state index contributed by atoms with van der Waals surface area (Å²) in [4.78, 5) is 16.4. The predicted molar refractivity (Wildman–Crippen MR) is 92.1 cm³/mol. The summed E-state index contributed by atoms with van der Waals surface area (Å²) in [7, 11) is 0. The van der Waals surface area contributed by atoms with Gasteiger partial charge in [-0.1, -0.05) is 18.2 Å². The van der Waals surface area contributed by atoms with Crippen LogP contribution in [0.2, 0.25) is 0 Å². The molecule has 1 amide bonds. The number of benzene rings is 1. The topological polar surface area (TPSA) is 67.2 Å². The van der Waals surface area contributed by atoms with Crippen LogP contribution in [0.3, 0.4) is 0 Å². The van der Waals surface area contributed by atoms with Crippen LogP contribution in [0, 0.1) is 0 Å². The Morgan fingerprint density at radius 2 is 2.26 bits per heavy atom. The quantitative estimate of drug-likeness (QED) is 0.851. The van der Waals surface area contributed by atoms with Gasteiger partial charge in [0.25, 0.3) is 0 Å². The monoisotopic (exact) mass is 331 g/mol. The third-order valence-corrected chi connectivity index (χ3v) is 4.68. The van der Waals surface area contributed by atoms with Gasteiger partial charge in [-0.25, -0.2) is 4.98 Å². The smallest absolute Gasteiger partial charge is 0.230 e. The molecule has 1 atom stereocenters. The van der Waals surface area contributed by atoms with E-state index in [0.717, 1.165) is 37.2 Å². The Hall–Kier alpha value is -1.79. The van der Waals surface area contributed by atoms with Crippen molar-refractivity contribution >= 4 is 17.7 Å². The van der Waals surface area contributed by atoms with E-state index in [1.165, 1.54) is 0 Å². The second kappa shape index (κ2) is 8.17. The molecule has 5 nitrogen and oxygen atoms in total. The predicted octanol–water partition coefficient (Wildman–Crippen LogP) is 2.44. The average molecular weight is 331 g/mol. The van der Waals surface area contributed by atoms with Crippen LogP contribution >= 0.6 is 11.8 Å². The fourth-order valence-electron chi connectivity index (χ4n) is 2.58. The molecule has 1 saturated heterocycles. The number of oxazole rings is 1. The van der Waals surface area contributed by atoms with E-state index in [1.807, 2.05) is 30.3 Å². The number of aromatic nitrogens is 1. The normalized spacial score (nSPS) is 17.8. The standard InChI is InChI=1S/C17H21N3O2S/c21-16(19-14-7-4-8-18-9-14)12-23-11-15-10-22-17(20-15)13-5-2-1-3-6-13/h1-3,5-6,10,14,18H,4,7-9,11-12H2,(H,19,21). The first-order chi connectivity index (χ1) is 11.3. The van der Waals surface area contributed by atoms with Gasteiger partial charge in [-0.05, 0) is 31.5 Å². The number of rotatable bonds is 6. The highest BCUT2D eigenvalue weighted by Gasteiger charge is 2.15. The van der Waals surface area contributed by atoms with E-state index in [4.69, 9.17) is 4.42 Å². The van der Waals surface area contributed by atoms with Crippen LogP contribution in [0.15, 0.2) is 41.0 Å². The fourth-order valence-corrected chi connectivity index (χ4v) is 3.29. The molecule has 1 fully saturated rings. The van der Waals surface area contributed by atoms with Gasteiger partial charge in [0.15, 0.2) is 0 Å². The molecular weight excluding hydrogens is 310 g/mol. The summed E-state index contributed by atoms with van der Waals surface area (Å²) in [6, 6.07) is 10.1. The number of thioether (sulfide) groups is 1. The summed E-state index contributed by atoms with van der Waals surface area (Å²) in [5.74, 6) is 1.84. The Balaban J connectivity index is 1.42. The van der Waals surface area contributed by atoms with E-state index >= 15 is 0 Å². The molecule has 6 heteroatoms. The van der Waals surface area contributed by atoms with Crippen LogP contribution in [-0.2, 0) is 10.5 Å². The van der Waals surface area contributed by atoms with Crippen LogP contribution in [0.5, 0.6) is 0 Å². The minimum Gasteiger partial charge on any atom is -0.444 e. The summed E-state index contributed by atoms with van der Waals surface area (Å²) < 4.78 is 5.50. The van der Waals surface area contributed by atoms with Gasteiger partial charge in [-0.2, -0.15) is 0 Å². The number of carbonyl (C=O) groups excluding carboxylic acids is 1. The fraction of sp³-hybridized carbons (Fsp3) is 0.412. The van der Waals surface area contributed by atoms with E-state index in [1.54, 1.807) is 18.0 Å². The van der Waals surface area contributed by atoms with Crippen molar-refractivity contribution < 1.29 is 9.21 Å². The van der Waals surface area contributed by atoms with Crippen molar-refractivity contribution in [2.24, 2.45) is 0 Å². The number of piperidine rings is 1. The number of amides is 1. The highest BCUT2D eigenvalue weighted by molar-refractivity contribution is 7.99. The van der Waals surface area contributed by atoms with Crippen molar-refractivity contribution in [2.75, 3.05) is 18.8 Å². The molecule has 0 radical (unpaired) electrons. The molecule has 122 valence electrons. The molecule has 1 aliphatic rings. The first-order valence-electron chi connectivity index (χ1n) is 7.89. The molecule has 0 aliphatic carbocycles. The van der Waals surface area contributed by atoms with Gasteiger partial charge in [-0.3, -0.25) is 4.79 Å². The maximum absolute atomic E-state index is 11.9. The van der Waals surface area contributed by atoms with E-state index < -0.39 is 0 Å². The SMILES string of the molecule is O=C(CSCc1coc(-c2ccccc2)n1)NC1CCCNC1. The minimum absolute atomic E-state index is 0.0930. The van der Waals surface area contributed by atoms with E-state index in [0.29, 0.717) is 17.4 Å². The van der Waals surface area contributed by atoms with Crippen molar-refractivity contribution in [1.82, 2.24) is 15.6 Å². The van der Waals surface area contributed by atoms with Gasteiger partial charge >= 0.3 is 0 Å². The largest absolute Gasteiger partial charge is 0.444 e. The molecule has 1 aliphatic heterocycles. The minimum atomic E-state index is 0.0930. The molecule has 2 N–H and O–H groups in total. The number of carbonyl (C=O) groups is 1. The number of nitrogens with zero attached hydrogens (tertiary/aromatic N) is 1. The molecule has 1 unspecified atom stereocenters. The zero-order chi connectivity index (χ0) is 15.9. The Kier molecular flexibility index (Phi) is 5.71. The summed E-state index contributed by atoms with van der Waals surface area (Å²) in [5.41, 5.74) is 1.83. The van der Waals surface area contributed by atoms with Gasteiger partial charge in [-0.15, -0.1) is 11.8 Å². The van der Waals surface area contributed by atoms with Crippen molar-refractivity contribution in [3.05, 3.63) is 42.3 Å². The number of nitrogens with one attached hydrogen (secondary N) is 2. The molecular formula is C17H21N3O2S. The van der Waals surface area contributed by atoms with Gasteiger partial charge < -0.3 is 15.1 Å². The molecule has 0 spiro atoms. The van der Waals surface area contributed by atoms with E-state index in [2.05, 4.69) is 15.6 Å². The lowest BCUT2D eigenvalue weighted by Crippen LogP contribution is -2.46. The van der Waals surface area contributed by atoms with Crippen LogP contribution < -0.4 is 10.6 Å². The lowest BCUT2D eigenvalue weighted by molar-refractivity contribution is -0.119. The molecule has 23 heavy (non-hydrogen) atoms. The zero-order valence-electron chi connectivity index (χ0n) is 13.0. The van der Waals surface area contributed by atoms with Gasteiger partial charge in [0.1, 0.15) is 6.26 Å². The summed E-state index contributed by atoms with van der Waals surface area (Å²) in [6.07, 6.45) is 3.85. The molecule has 1 aromatic heterocycles. The second-order valence-corrected chi connectivity index (χ2v) is 6.60. The lowest BCUT2D eigenvalue weighted by atomic mass is 10.1. The molecule has 0 saturated carbocycles. The third kappa shape index (κ3) is 4.84. The third-order valence-electron chi connectivity index (χ3n) is 3.72. The number of hydrogen-bond acceptors (Lipinski definition) is 5. The zero-order valence-corrected chi connectivity index (χ0v) is 13.8. The van der Waals surface area contributed by atoms with E-state index in [-0.39, 0.29) is 11.9 Å². The van der Waals surface area contributed by atoms with Crippen molar-refractivity contribution in [2.45, 2.75) is 24.6 Å². The number of hydrogen-bond donors (Lipinski definition) is 2. The molecule has 0 bridgehead atoms. The van der Waals surface area contributed by atoms with Gasteiger partial charge in [0.2, 0.25) is 11.8 Å². The van der Waals surface area contributed by atoms with Crippen LogP contribution in [0.25, 0.3) is 11.5 Å². The van der Waals surface area contributed by atoms with E-state index in [9.17, 15) is 4.79 Å². The summed E-state index contributed by atoms with van der Waals surface area (Å²) in [6.45, 7) is 1.93. The van der Waals surface area contributed by atoms with Gasteiger partial charge in [0, 0.05) is 23.9 Å². The maximum Gasteiger partial charge on any atom is 0.230 e. The van der Waals surface area contributed by atoms with Crippen LogP contribution in [0.4, 0.5) is 0 Å². The van der Waals surface area contributed by atoms with Crippen molar-refractivity contribution in [3.8, 4) is 11.5 Å². The Morgan fingerprint density at radius 3 is 3.04 bits per heavy atom. The van der Waals surface area contributed by atoms with Crippen LogP contribution in [0.1, 0.15) is 18.5 Å². The van der Waals surface area contributed by atoms with Crippen molar-refractivity contribution in [3.63, 3.8) is 0 Å².